The highest BCUT2D eigenvalue weighted by Crippen LogP contribution is 2.41. The fourth-order valence-corrected chi connectivity index (χ4v) is 4.49. The number of aromatic nitrogens is 2. The van der Waals surface area contributed by atoms with Crippen molar-refractivity contribution >= 4 is 23.4 Å². The van der Waals surface area contributed by atoms with Crippen LogP contribution in [-0.4, -0.2) is 27.1 Å². The molecule has 1 unspecified atom stereocenters. The van der Waals surface area contributed by atoms with Crippen LogP contribution in [0, 0.1) is 5.82 Å². The normalized spacial score (nSPS) is 15.6. The Morgan fingerprint density at radius 2 is 2.10 bits per heavy atom. The van der Waals surface area contributed by atoms with Crippen molar-refractivity contribution in [3.05, 3.63) is 75.2 Å². The Labute approximate surface area is 177 Å². The molecule has 1 aromatic heterocycles. The lowest BCUT2D eigenvalue weighted by Crippen LogP contribution is -2.20. The molecule has 4 rings (SSSR count). The Kier molecular flexibility index (Phi) is 5.43. The van der Waals surface area contributed by atoms with E-state index < -0.39 is 17.7 Å². The number of hydrogen-bond donors (Lipinski definition) is 2. The van der Waals surface area contributed by atoms with Gasteiger partial charge in [0.1, 0.15) is 5.82 Å². The van der Waals surface area contributed by atoms with E-state index in [-0.39, 0.29) is 16.9 Å². The van der Waals surface area contributed by atoms with Gasteiger partial charge in [-0.15, -0.1) is 0 Å². The Balaban J connectivity index is 1.82. The van der Waals surface area contributed by atoms with E-state index in [9.17, 15) is 14.0 Å². The highest BCUT2D eigenvalue weighted by Gasteiger charge is 2.34. The van der Waals surface area contributed by atoms with Gasteiger partial charge in [-0.25, -0.2) is 9.18 Å². The van der Waals surface area contributed by atoms with Gasteiger partial charge in [0.05, 0.1) is 22.2 Å². The molecule has 0 aliphatic heterocycles. The fourth-order valence-electron chi connectivity index (χ4n) is 4.20. The highest BCUT2D eigenvalue weighted by atomic mass is 35.5. The van der Waals surface area contributed by atoms with Crippen LogP contribution in [-0.2, 0) is 12.8 Å². The number of carboxylic acid groups (broad SMARTS) is 1. The van der Waals surface area contributed by atoms with Crippen molar-refractivity contribution in [2.45, 2.75) is 38.5 Å². The number of halogens is 2. The van der Waals surface area contributed by atoms with Crippen molar-refractivity contribution in [3.8, 4) is 11.3 Å². The molecule has 30 heavy (non-hydrogen) atoms. The minimum absolute atomic E-state index is 0.0939. The predicted octanol–water partition coefficient (Wildman–Crippen LogP) is 5.43. The number of nitrogens with one attached hydrogen (secondary N) is 1. The first-order chi connectivity index (χ1) is 14.4. The van der Waals surface area contributed by atoms with E-state index in [2.05, 4.69) is 10.2 Å². The molecule has 2 N–H and O–H groups in total. The standard InChI is InChI=1S/C23H20ClFN2O3/c1-2-12-5-3-7-16(24)19(12)22(28)15-6-4-8-18-20(15)21(27-26-18)14-10-9-13(23(29)30)11-17(14)25/h3,5,7,9-11,15H,2,4,6,8H2,1H3,(H,26,27)(H,29,30). The van der Waals surface area contributed by atoms with Crippen LogP contribution in [0.15, 0.2) is 36.4 Å². The summed E-state index contributed by atoms with van der Waals surface area (Å²) in [5, 5.41) is 16.8. The van der Waals surface area contributed by atoms with Crippen molar-refractivity contribution in [2.24, 2.45) is 0 Å². The molecule has 0 spiro atoms. The van der Waals surface area contributed by atoms with Gasteiger partial charge < -0.3 is 5.11 Å². The molecule has 1 aliphatic rings. The molecule has 5 nitrogen and oxygen atoms in total. The number of Topliss-reactive ketones (excluding diaryl/α,β-unsaturated/α-hetero) is 1. The number of rotatable bonds is 5. The number of aryl methyl sites for hydroxylation is 2. The van der Waals surface area contributed by atoms with Crippen LogP contribution in [0.3, 0.4) is 0 Å². The summed E-state index contributed by atoms with van der Waals surface area (Å²) in [4.78, 5) is 24.7. The molecule has 7 heteroatoms. The number of ketones is 1. The monoisotopic (exact) mass is 426 g/mol. The number of carboxylic acids is 1. The summed E-state index contributed by atoms with van der Waals surface area (Å²) in [5.41, 5.74) is 3.25. The van der Waals surface area contributed by atoms with Gasteiger partial charge in [0.2, 0.25) is 0 Å². The van der Waals surface area contributed by atoms with Crippen molar-refractivity contribution in [1.29, 1.82) is 0 Å². The summed E-state index contributed by atoms with van der Waals surface area (Å²) in [7, 11) is 0. The smallest absolute Gasteiger partial charge is 0.335 e. The maximum Gasteiger partial charge on any atom is 0.335 e. The number of aromatic amines is 1. The number of carbonyl (C=O) groups is 2. The summed E-state index contributed by atoms with van der Waals surface area (Å²) < 4.78 is 14.8. The third-order valence-electron chi connectivity index (χ3n) is 5.67. The van der Waals surface area contributed by atoms with Gasteiger partial charge in [0.15, 0.2) is 5.78 Å². The number of H-pyrrole nitrogens is 1. The van der Waals surface area contributed by atoms with Crippen molar-refractivity contribution in [1.82, 2.24) is 10.2 Å². The molecule has 0 saturated heterocycles. The van der Waals surface area contributed by atoms with Crippen LogP contribution in [0.2, 0.25) is 5.02 Å². The van der Waals surface area contributed by atoms with Gasteiger partial charge in [0, 0.05) is 22.4 Å². The van der Waals surface area contributed by atoms with E-state index >= 15 is 0 Å². The first-order valence-electron chi connectivity index (χ1n) is 9.84. The summed E-state index contributed by atoms with van der Waals surface area (Å²) in [6.07, 6.45) is 2.80. The third kappa shape index (κ3) is 3.41. The Hall–Kier alpha value is -2.99. The second-order valence-corrected chi connectivity index (χ2v) is 7.81. The molecule has 154 valence electrons. The van der Waals surface area contributed by atoms with E-state index in [0.717, 1.165) is 23.7 Å². The molecular weight excluding hydrogens is 407 g/mol. The topological polar surface area (TPSA) is 83.0 Å². The number of fused-ring (bicyclic) bond motifs is 1. The minimum atomic E-state index is -1.21. The SMILES string of the molecule is CCc1cccc(Cl)c1C(=O)C1CCCc2[nH]nc(-c3ccc(C(=O)O)cc3F)c21. The Morgan fingerprint density at radius 1 is 1.30 bits per heavy atom. The molecule has 0 radical (unpaired) electrons. The van der Waals surface area contributed by atoms with E-state index in [1.165, 1.54) is 12.1 Å². The average Bonchev–Trinajstić information content (AvgIpc) is 3.17. The quantitative estimate of drug-likeness (QED) is 0.532. The minimum Gasteiger partial charge on any atom is -0.478 e. The molecule has 0 bridgehead atoms. The van der Waals surface area contributed by atoms with Gasteiger partial charge in [0.25, 0.3) is 0 Å². The summed E-state index contributed by atoms with van der Waals surface area (Å²) >= 11 is 6.39. The zero-order valence-corrected chi connectivity index (χ0v) is 17.1. The van der Waals surface area contributed by atoms with Gasteiger partial charge in [-0.1, -0.05) is 30.7 Å². The summed E-state index contributed by atoms with van der Waals surface area (Å²) in [6.45, 7) is 1.97. The molecule has 2 aromatic carbocycles. The summed E-state index contributed by atoms with van der Waals surface area (Å²) in [5.74, 6) is -2.48. The van der Waals surface area contributed by atoms with Crippen molar-refractivity contribution in [2.75, 3.05) is 0 Å². The van der Waals surface area contributed by atoms with Crippen LogP contribution in [0.5, 0.6) is 0 Å². The maximum atomic E-state index is 14.8. The molecule has 0 amide bonds. The number of carbonyl (C=O) groups excluding carboxylic acids is 1. The Morgan fingerprint density at radius 3 is 2.80 bits per heavy atom. The zero-order valence-electron chi connectivity index (χ0n) is 16.3. The van der Waals surface area contributed by atoms with Gasteiger partial charge >= 0.3 is 5.97 Å². The van der Waals surface area contributed by atoms with Gasteiger partial charge in [-0.3, -0.25) is 9.89 Å². The van der Waals surface area contributed by atoms with E-state index in [1.807, 2.05) is 19.1 Å². The predicted molar refractivity (Wildman–Crippen MR) is 112 cm³/mol. The van der Waals surface area contributed by atoms with Crippen LogP contribution >= 0.6 is 11.6 Å². The van der Waals surface area contributed by atoms with Crippen molar-refractivity contribution < 1.29 is 19.1 Å². The van der Waals surface area contributed by atoms with E-state index in [1.54, 1.807) is 6.07 Å². The highest BCUT2D eigenvalue weighted by molar-refractivity contribution is 6.34. The van der Waals surface area contributed by atoms with E-state index in [4.69, 9.17) is 16.7 Å². The van der Waals surface area contributed by atoms with Gasteiger partial charge in [-0.2, -0.15) is 5.10 Å². The van der Waals surface area contributed by atoms with Crippen LogP contribution in [0.1, 0.15) is 63.2 Å². The number of aromatic carboxylic acids is 1. The van der Waals surface area contributed by atoms with Crippen molar-refractivity contribution in [3.63, 3.8) is 0 Å². The first kappa shape index (κ1) is 20.3. The van der Waals surface area contributed by atoms with Crippen LogP contribution in [0.25, 0.3) is 11.3 Å². The lowest BCUT2D eigenvalue weighted by molar-refractivity contribution is 0.0696. The molecule has 1 atom stereocenters. The third-order valence-corrected chi connectivity index (χ3v) is 5.98. The molecule has 0 saturated carbocycles. The summed E-state index contributed by atoms with van der Waals surface area (Å²) in [6, 6.07) is 9.14. The fraction of sp³-hybridized carbons (Fsp3) is 0.261. The lowest BCUT2D eigenvalue weighted by atomic mass is 9.78. The first-order valence-corrected chi connectivity index (χ1v) is 10.2. The van der Waals surface area contributed by atoms with Gasteiger partial charge in [-0.05, 0) is 55.5 Å². The second kappa shape index (κ2) is 8.03. The number of hydrogen-bond acceptors (Lipinski definition) is 3. The molecule has 1 heterocycles. The number of benzene rings is 2. The molecule has 3 aromatic rings. The van der Waals surface area contributed by atoms with Crippen LogP contribution in [0.4, 0.5) is 4.39 Å². The molecule has 1 aliphatic carbocycles. The lowest BCUT2D eigenvalue weighted by Gasteiger charge is -2.24. The van der Waals surface area contributed by atoms with Crippen LogP contribution < -0.4 is 0 Å². The molecule has 0 fully saturated rings. The number of nitrogens with zero attached hydrogens (tertiary/aromatic N) is 1. The molecular formula is C23H20ClFN2O3. The maximum absolute atomic E-state index is 14.8. The zero-order chi connectivity index (χ0) is 21.4. The van der Waals surface area contributed by atoms with E-state index in [0.29, 0.717) is 41.1 Å². The average molecular weight is 427 g/mol. The largest absolute Gasteiger partial charge is 0.478 e. The Bertz CT molecular complexity index is 1160. The second-order valence-electron chi connectivity index (χ2n) is 7.40.